The monoisotopic (exact) mass is 292 g/mol. The van der Waals surface area contributed by atoms with Crippen molar-refractivity contribution in [3.63, 3.8) is 0 Å². The zero-order chi connectivity index (χ0) is 14.7. The van der Waals surface area contributed by atoms with Crippen molar-refractivity contribution in [1.29, 1.82) is 0 Å². The predicted molar refractivity (Wildman–Crippen MR) is 76.8 cm³/mol. The van der Waals surface area contributed by atoms with Gasteiger partial charge in [-0.1, -0.05) is 0 Å². The van der Waals surface area contributed by atoms with Crippen LogP contribution in [0.3, 0.4) is 0 Å². The van der Waals surface area contributed by atoms with E-state index >= 15 is 0 Å². The third kappa shape index (κ3) is 2.12. The van der Waals surface area contributed by atoms with E-state index in [1.807, 2.05) is 0 Å². The molecule has 0 aromatic rings. The lowest BCUT2D eigenvalue weighted by molar-refractivity contribution is -0.148. The summed E-state index contributed by atoms with van der Waals surface area (Å²) in [5.41, 5.74) is -1.06. The first kappa shape index (κ1) is 13.4. The van der Waals surface area contributed by atoms with Crippen molar-refractivity contribution < 1.29 is 14.7 Å². The highest BCUT2D eigenvalue weighted by molar-refractivity contribution is 5.87. The van der Waals surface area contributed by atoms with Gasteiger partial charge in [0.2, 0.25) is 0 Å². The van der Waals surface area contributed by atoms with Crippen LogP contribution in [0.5, 0.6) is 0 Å². The summed E-state index contributed by atoms with van der Waals surface area (Å²) in [5, 5.41) is 15.3. The van der Waals surface area contributed by atoms with Crippen molar-refractivity contribution in [3.05, 3.63) is 0 Å². The highest BCUT2D eigenvalue weighted by Crippen LogP contribution is 2.55. The van der Waals surface area contributed by atoms with Crippen molar-refractivity contribution in [1.82, 2.24) is 10.6 Å². The SMILES string of the molecule is O=C(NC12CC3CC(CC(C3)C1)C2)NC1(C(=O)O)CCC1. The molecular weight excluding hydrogens is 268 g/mol. The maximum Gasteiger partial charge on any atom is 0.329 e. The number of aliphatic carboxylic acids is 1. The topological polar surface area (TPSA) is 78.4 Å². The third-order valence-corrected chi connectivity index (χ3v) is 6.39. The van der Waals surface area contributed by atoms with Gasteiger partial charge in [-0.25, -0.2) is 9.59 Å². The summed E-state index contributed by atoms with van der Waals surface area (Å²) in [6.07, 6.45) is 9.26. The minimum atomic E-state index is -1.01. The van der Waals surface area contributed by atoms with Gasteiger partial charge in [0.15, 0.2) is 0 Å². The molecule has 21 heavy (non-hydrogen) atoms. The van der Waals surface area contributed by atoms with E-state index < -0.39 is 11.5 Å². The molecule has 0 saturated heterocycles. The minimum absolute atomic E-state index is 0.0533. The van der Waals surface area contributed by atoms with E-state index in [0.717, 1.165) is 43.4 Å². The molecular formula is C16H24N2O3. The van der Waals surface area contributed by atoms with Gasteiger partial charge in [0.1, 0.15) is 5.54 Å². The van der Waals surface area contributed by atoms with Crippen molar-refractivity contribution in [2.24, 2.45) is 17.8 Å². The molecule has 5 aliphatic carbocycles. The maximum atomic E-state index is 12.4. The number of urea groups is 1. The Morgan fingerprint density at radius 2 is 1.43 bits per heavy atom. The van der Waals surface area contributed by atoms with Crippen molar-refractivity contribution in [2.45, 2.75) is 68.9 Å². The maximum absolute atomic E-state index is 12.4. The molecule has 0 unspecified atom stereocenters. The molecule has 5 saturated carbocycles. The summed E-state index contributed by atoms with van der Waals surface area (Å²) in [4.78, 5) is 23.7. The second-order valence-electron chi connectivity index (χ2n) is 8.02. The summed E-state index contributed by atoms with van der Waals surface area (Å²) >= 11 is 0. The molecule has 5 fully saturated rings. The highest BCUT2D eigenvalue weighted by atomic mass is 16.4. The molecule has 0 aromatic carbocycles. The van der Waals surface area contributed by atoms with E-state index in [0.29, 0.717) is 12.8 Å². The number of carboxylic acids is 1. The van der Waals surface area contributed by atoms with Crippen LogP contribution in [0.1, 0.15) is 57.8 Å². The van der Waals surface area contributed by atoms with Gasteiger partial charge in [-0.05, 0) is 75.5 Å². The second kappa shape index (κ2) is 4.37. The Hall–Kier alpha value is -1.26. The van der Waals surface area contributed by atoms with Crippen LogP contribution in [0.4, 0.5) is 4.79 Å². The Labute approximate surface area is 124 Å². The van der Waals surface area contributed by atoms with Crippen LogP contribution in [-0.2, 0) is 4.79 Å². The Balaban J connectivity index is 1.44. The van der Waals surface area contributed by atoms with Gasteiger partial charge in [-0.15, -0.1) is 0 Å². The fraction of sp³-hybridized carbons (Fsp3) is 0.875. The zero-order valence-electron chi connectivity index (χ0n) is 12.4. The lowest BCUT2D eigenvalue weighted by Gasteiger charge is -2.57. The first-order chi connectivity index (χ1) is 9.99. The number of nitrogens with one attached hydrogen (secondary N) is 2. The molecule has 0 heterocycles. The van der Waals surface area contributed by atoms with Crippen LogP contribution in [0.2, 0.25) is 0 Å². The van der Waals surface area contributed by atoms with Crippen LogP contribution < -0.4 is 10.6 Å². The predicted octanol–water partition coefficient (Wildman–Crippen LogP) is 2.26. The molecule has 5 heteroatoms. The Kier molecular flexibility index (Phi) is 2.79. The van der Waals surface area contributed by atoms with Gasteiger partial charge in [-0.2, -0.15) is 0 Å². The lowest BCUT2D eigenvalue weighted by atomic mass is 9.53. The average molecular weight is 292 g/mol. The molecule has 116 valence electrons. The van der Waals surface area contributed by atoms with Crippen LogP contribution in [-0.4, -0.2) is 28.2 Å². The summed E-state index contributed by atoms with van der Waals surface area (Å²) in [7, 11) is 0. The van der Waals surface area contributed by atoms with Crippen LogP contribution in [0.15, 0.2) is 0 Å². The number of amides is 2. The molecule has 5 aliphatic rings. The summed E-state index contributed by atoms with van der Waals surface area (Å²) in [6.45, 7) is 0. The highest BCUT2D eigenvalue weighted by Gasteiger charge is 2.52. The number of carboxylic acid groups (broad SMARTS) is 1. The van der Waals surface area contributed by atoms with Crippen molar-refractivity contribution in [3.8, 4) is 0 Å². The summed E-state index contributed by atoms with van der Waals surface area (Å²) in [6, 6.07) is -0.265. The van der Waals surface area contributed by atoms with E-state index in [2.05, 4.69) is 10.6 Å². The van der Waals surface area contributed by atoms with Crippen LogP contribution in [0.25, 0.3) is 0 Å². The fourth-order valence-corrected chi connectivity index (χ4v) is 5.68. The normalized spacial score (nSPS) is 42.2. The first-order valence-electron chi connectivity index (χ1n) is 8.32. The van der Waals surface area contributed by atoms with Crippen LogP contribution >= 0.6 is 0 Å². The molecule has 2 amide bonds. The Bertz CT molecular complexity index is 449. The van der Waals surface area contributed by atoms with Gasteiger partial charge in [0.25, 0.3) is 0 Å². The molecule has 0 aliphatic heterocycles. The van der Waals surface area contributed by atoms with E-state index in [4.69, 9.17) is 0 Å². The second-order valence-corrected chi connectivity index (χ2v) is 8.02. The number of hydrogen-bond donors (Lipinski definition) is 3. The molecule has 5 rings (SSSR count). The van der Waals surface area contributed by atoms with E-state index in [1.54, 1.807) is 0 Å². The van der Waals surface area contributed by atoms with Crippen molar-refractivity contribution >= 4 is 12.0 Å². The van der Waals surface area contributed by atoms with Crippen molar-refractivity contribution in [2.75, 3.05) is 0 Å². The summed E-state index contributed by atoms with van der Waals surface area (Å²) in [5.74, 6) is 1.42. The molecule has 0 spiro atoms. The third-order valence-electron chi connectivity index (χ3n) is 6.39. The average Bonchev–Trinajstić information content (AvgIpc) is 2.30. The van der Waals surface area contributed by atoms with E-state index in [-0.39, 0.29) is 11.6 Å². The van der Waals surface area contributed by atoms with Gasteiger partial charge in [0.05, 0.1) is 0 Å². The lowest BCUT2D eigenvalue weighted by Crippen LogP contribution is -2.66. The molecule has 0 aromatic heterocycles. The minimum Gasteiger partial charge on any atom is -0.480 e. The smallest absolute Gasteiger partial charge is 0.329 e. The number of hydrogen-bond acceptors (Lipinski definition) is 2. The molecule has 3 N–H and O–H groups in total. The van der Waals surface area contributed by atoms with Gasteiger partial charge < -0.3 is 15.7 Å². The first-order valence-corrected chi connectivity index (χ1v) is 8.32. The zero-order valence-corrected chi connectivity index (χ0v) is 12.4. The quantitative estimate of drug-likeness (QED) is 0.746. The number of carbonyl (C=O) groups is 2. The molecule has 0 atom stereocenters. The van der Waals surface area contributed by atoms with E-state index in [1.165, 1.54) is 19.3 Å². The standard InChI is InChI=1S/C16H24N2O3/c19-13(20)16(2-1-3-16)18-14(21)17-15-7-10-4-11(8-15)6-12(5-10)9-15/h10-12H,1-9H2,(H,19,20)(H2,17,18,21). The van der Waals surface area contributed by atoms with E-state index in [9.17, 15) is 14.7 Å². The van der Waals surface area contributed by atoms with Crippen LogP contribution in [0, 0.1) is 17.8 Å². The largest absolute Gasteiger partial charge is 0.480 e. The number of rotatable bonds is 3. The molecule has 0 radical (unpaired) electrons. The van der Waals surface area contributed by atoms with Gasteiger partial charge >= 0.3 is 12.0 Å². The molecule has 4 bridgehead atoms. The van der Waals surface area contributed by atoms with Gasteiger partial charge in [0, 0.05) is 5.54 Å². The fourth-order valence-electron chi connectivity index (χ4n) is 5.68. The Morgan fingerprint density at radius 1 is 0.905 bits per heavy atom. The number of carbonyl (C=O) groups excluding carboxylic acids is 1. The summed E-state index contributed by atoms with van der Waals surface area (Å²) < 4.78 is 0. The van der Waals surface area contributed by atoms with Gasteiger partial charge in [-0.3, -0.25) is 0 Å². The Morgan fingerprint density at radius 3 is 1.81 bits per heavy atom. The molecule has 5 nitrogen and oxygen atoms in total.